The van der Waals surface area contributed by atoms with Gasteiger partial charge in [0.1, 0.15) is 11.5 Å². The van der Waals surface area contributed by atoms with Gasteiger partial charge < -0.3 is 24.0 Å². The summed E-state index contributed by atoms with van der Waals surface area (Å²) in [5.74, 6) is 0.0125. The van der Waals surface area contributed by atoms with E-state index in [1.165, 1.54) is 18.1 Å². The van der Waals surface area contributed by atoms with Crippen LogP contribution in [0.5, 0.6) is 11.5 Å². The molecule has 1 N–H and O–H groups in total. The Hall–Kier alpha value is -2.79. The number of amides is 1. The maximum atomic E-state index is 13.7. The average Bonchev–Trinajstić information content (AvgIpc) is 3.19. The molecule has 1 aromatic carbocycles. The van der Waals surface area contributed by atoms with Gasteiger partial charge in [-0.15, -0.1) is 0 Å². The van der Waals surface area contributed by atoms with E-state index in [1.807, 2.05) is 12.1 Å². The standard InChI is InChI=1S/C21H27F3N4O4/c1-26-7-6-25-19(26)20(30,21(22,23)24)13-18(29)28-10-8-27(9-11-28)14-15-12-16(31-2)4-5-17(15)32-3/h4-7,12,30H,8-11,13-14H2,1-3H3. The molecule has 1 atom stereocenters. The lowest BCUT2D eigenvalue weighted by Crippen LogP contribution is -2.52. The molecule has 0 spiro atoms. The second-order valence-electron chi connectivity index (χ2n) is 7.73. The number of alkyl halides is 3. The lowest BCUT2D eigenvalue weighted by molar-refractivity contribution is -0.272. The van der Waals surface area contributed by atoms with Crippen LogP contribution < -0.4 is 9.47 Å². The van der Waals surface area contributed by atoms with Gasteiger partial charge >= 0.3 is 6.18 Å². The van der Waals surface area contributed by atoms with E-state index in [4.69, 9.17) is 9.47 Å². The molecule has 11 heteroatoms. The first-order valence-corrected chi connectivity index (χ1v) is 10.1. The molecule has 1 fully saturated rings. The Bertz CT molecular complexity index is 941. The number of rotatable bonds is 7. The molecular formula is C21H27F3N4O4. The zero-order valence-corrected chi connectivity index (χ0v) is 18.2. The first kappa shape index (κ1) is 23.9. The molecule has 2 aromatic rings. The van der Waals surface area contributed by atoms with E-state index in [0.29, 0.717) is 31.1 Å². The van der Waals surface area contributed by atoms with Gasteiger partial charge in [0.25, 0.3) is 0 Å². The maximum absolute atomic E-state index is 13.7. The van der Waals surface area contributed by atoms with E-state index in [1.54, 1.807) is 20.3 Å². The summed E-state index contributed by atoms with van der Waals surface area (Å²) < 4.78 is 52.8. The van der Waals surface area contributed by atoms with E-state index in [2.05, 4.69) is 9.88 Å². The van der Waals surface area contributed by atoms with Gasteiger partial charge in [0.05, 0.1) is 20.6 Å². The normalized spacial score (nSPS) is 17.2. The number of ether oxygens (including phenoxy) is 2. The molecule has 1 unspecified atom stereocenters. The summed E-state index contributed by atoms with van der Waals surface area (Å²) in [6, 6.07) is 5.47. The van der Waals surface area contributed by atoms with Crippen LogP contribution in [0.1, 0.15) is 17.8 Å². The number of piperazine rings is 1. The van der Waals surface area contributed by atoms with Gasteiger partial charge in [-0.1, -0.05) is 0 Å². The number of nitrogens with zero attached hydrogens (tertiary/aromatic N) is 4. The predicted molar refractivity (Wildman–Crippen MR) is 109 cm³/mol. The first-order valence-electron chi connectivity index (χ1n) is 10.1. The summed E-state index contributed by atoms with van der Waals surface area (Å²) in [6.45, 7) is 1.99. The Morgan fingerprint density at radius 2 is 1.84 bits per heavy atom. The minimum atomic E-state index is -5.05. The highest BCUT2D eigenvalue weighted by Gasteiger charge is 2.59. The highest BCUT2D eigenvalue weighted by Crippen LogP contribution is 2.41. The van der Waals surface area contributed by atoms with Crippen LogP contribution in [0.2, 0.25) is 0 Å². The summed E-state index contributed by atoms with van der Waals surface area (Å²) >= 11 is 0. The molecule has 1 aliphatic rings. The van der Waals surface area contributed by atoms with Crippen LogP contribution in [0, 0.1) is 0 Å². The Balaban J connectivity index is 1.65. The van der Waals surface area contributed by atoms with Crippen LogP contribution in [0.15, 0.2) is 30.6 Å². The van der Waals surface area contributed by atoms with E-state index in [-0.39, 0.29) is 13.1 Å². The Kier molecular flexibility index (Phi) is 6.99. The Morgan fingerprint density at radius 3 is 2.38 bits per heavy atom. The van der Waals surface area contributed by atoms with Crippen molar-refractivity contribution in [2.75, 3.05) is 40.4 Å². The van der Waals surface area contributed by atoms with Gasteiger partial charge in [-0.2, -0.15) is 13.2 Å². The maximum Gasteiger partial charge on any atom is 0.425 e. The molecule has 0 bridgehead atoms. The second-order valence-corrected chi connectivity index (χ2v) is 7.73. The number of aliphatic hydroxyl groups is 1. The van der Waals surface area contributed by atoms with Crippen LogP contribution >= 0.6 is 0 Å². The van der Waals surface area contributed by atoms with E-state index in [0.717, 1.165) is 16.3 Å². The molecule has 1 saturated heterocycles. The van der Waals surface area contributed by atoms with Crippen LogP contribution in [0.25, 0.3) is 0 Å². The van der Waals surface area contributed by atoms with Crippen molar-refractivity contribution in [1.29, 1.82) is 0 Å². The van der Waals surface area contributed by atoms with Gasteiger partial charge in [-0.25, -0.2) is 4.98 Å². The number of hydrogen-bond acceptors (Lipinski definition) is 6. The molecule has 1 amide bonds. The third-order valence-corrected chi connectivity index (χ3v) is 5.67. The average molecular weight is 456 g/mol. The van der Waals surface area contributed by atoms with Gasteiger partial charge in [0, 0.05) is 57.7 Å². The summed E-state index contributed by atoms with van der Waals surface area (Å²) in [7, 11) is 4.49. The molecule has 0 radical (unpaired) electrons. The fraction of sp³-hybridized carbons (Fsp3) is 0.524. The topological polar surface area (TPSA) is 80.1 Å². The fourth-order valence-electron chi connectivity index (χ4n) is 3.80. The monoisotopic (exact) mass is 456 g/mol. The molecule has 0 saturated carbocycles. The Morgan fingerprint density at radius 1 is 1.16 bits per heavy atom. The summed E-state index contributed by atoms with van der Waals surface area (Å²) in [5.41, 5.74) is -2.44. The molecule has 32 heavy (non-hydrogen) atoms. The quantitative estimate of drug-likeness (QED) is 0.686. The molecule has 0 aliphatic carbocycles. The van der Waals surface area contributed by atoms with Crippen molar-refractivity contribution < 1.29 is 32.5 Å². The number of carbonyl (C=O) groups is 1. The van der Waals surface area contributed by atoms with Crippen molar-refractivity contribution in [2.24, 2.45) is 7.05 Å². The zero-order valence-electron chi connectivity index (χ0n) is 18.2. The number of aryl methyl sites for hydroxylation is 1. The van der Waals surface area contributed by atoms with E-state index < -0.39 is 29.9 Å². The van der Waals surface area contributed by atoms with Crippen LogP contribution in [-0.4, -0.2) is 76.9 Å². The lowest BCUT2D eigenvalue weighted by atomic mass is 9.96. The Labute approximate surface area is 184 Å². The smallest absolute Gasteiger partial charge is 0.425 e. The number of hydrogen-bond donors (Lipinski definition) is 1. The van der Waals surface area contributed by atoms with Gasteiger partial charge in [-0.05, 0) is 18.2 Å². The molecule has 1 aromatic heterocycles. The minimum Gasteiger partial charge on any atom is -0.497 e. The van der Waals surface area contributed by atoms with Crippen molar-refractivity contribution >= 4 is 5.91 Å². The van der Waals surface area contributed by atoms with Gasteiger partial charge in [0.15, 0.2) is 5.82 Å². The van der Waals surface area contributed by atoms with Crippen molar-refractivity contribution in [2.45, 2.75) is 24.7 Å². The van der Waals surface area contributed by atoms with E-state index >= 15 is 0 Å². The van der Waals surface area contributed by atoms with Crippen LogP contribution in [0.3, 0.4) is 0 Å². The zero-order chi connectivity index (χ0) is 23.5. The largest absolute Gasteiger partial charge is 0.497 e. The van der Waals surface area contributed by atoms with Crippen molar-refractivity contribution in [1.82, 2.24) is 19.4 Å². The molecule has 8 nitrogen and oxygen atoms in total. The third-order valence-electron chi connectivity index (χ3n) is 5.67. The first-order chi connectivity index (χ1) is 15.1. The van der Waals surface area contributed by atoms with E-state index in [9.17, 15) is 23.1 Å². The summed E-state index contributed by atoms with van der Waals surface area (Å²) in [4.78, 5) is 19.7. The number of aromatic nitrogens is 2. The lowest BCUT2D eigenvalue weighted by Gasteiger charge is -2.37. The van der Waals surface area contributed by atoms with Crippen molar-refractivity contribution in [3.05, 3.63) is 42.0 Å². The van der Waals surface area contributed by atoms with Crippen LogP contribution in [-0.2, 0) is 24.0 Å². The summed E-state index contributed by atoms with van der Waals surface area (Å²) in [6.07, 6.45) is -3.72. The molecule has 2 heterocycles. The minimum absolute atomic E-state index is 0.250. The second kappa shape index (κ2) is 9.37. The fourth-order valence-corrected chi connectivity index (χ4v) is 3.80. The highest BCUT2D eigenvalue weighted by molar-refractivity contribution is 5.77. The third kappa shape index (κ3) is 4.83. The molecule has 3 rings (SSSR count). The van der Waals surface area contributed by atoms with Gasteiger partial charge in [0.2, 0.25) is 11.5 Å². The number of imidazole rings is 1. The predicted octanol–water partition coefficient (Wildman–Crippen LogP) is 1.92. The number of carbonyl (C=O) groups excluding carboxylic acids is 1. The van der Waals surface area contributed by atoms with Gasteiger partial charge in [-0.3, -0.25) is 9.69 Å². The summed E-state index contributed by atoms with van der Waals surface area (Å²) in [5, 5.41) is 10.5. The van der Waals surface area contributed by atoms with Crippen molar-refractivity contribution in [3.8, 4) is 11.5 Å². The molecule has 1 aliphatic heterocycles. The van der Waals surface area contributed by atoms with Crippen molar-refractivity contribution in [3.63, 3.8) is 0 Å². The SMILES string of the molecule is COc1ccc(OC)c(CN2CCN(C(=O)CC(O)(c3nccn3C)C(F)(F)F)CC2)c1. The number of halogens is 3. The number of methoxy groups -OCH3 is 2. The molecule has 176 valence electrons. The highest BCUT2D eigenvalue weighted by atomic mass is 19.4. The molecular weight excluding hydrogens is 429 g/mol. The van der Waals surface area contributed by atoms with Crippen LogP contribution in [0.4, 0.5) is 13.2 Å². The number of benzene rings is 1.